The maximum atomic E-state index is 12.8. The number of fused-ring (bicyclic) bond motifs is 3. The molecule has 2 unspecified atom stereocenters. The maximum absolute atomic E-state index is 12.8. The van der Waals surface area contributed by atoms with Gasteiger partial charge < -0.3 is 4.74 Å². The molecular weight excluding hydrogens is 444 g/mol. The van der Waals surface area contributed by atoms with E-state index in [4.69, 9.17) is 21.3 Å². The summed E-state index contributed by atoms with van der Waals surface area (Å²) in [7, 11) is 0. The predicted molar refractivity (Wildman–Crippen MR) is 129 cm³/mol. The number of halogens is 1. The molecule has 2 aliphatic heterocycles. The van der Waals surface area contributed by atoms with Crippen LogP contribution in [0.3, 0.4) is 0 Å². The number of esters is 1. The van der Waals surface area contributed by atoms with Crippen molar-refractivity contribution in [3.05, 3.63) is 57.6 Å². The second kappa shape index (κ2) is 8.67. The highest BCUT2D eigenvalue weighted by molar-refractivity contribution is 8.00. The van der Waals surface area contributed by atoms with Gasteiger partial charge in [-0.25, -0.2) is 0 Å². The molecule has 0 saturated heterocycles. The van der Waals surface area contributed by atoms with Gasteiger partial charge in [-0.1, -0.05) is 36.2 Å². The van der Waals surface area contributed by atoms with Crippen molar-refractivity contribution in [1.29, 1.82) is 0 Å². The molecule has 3 heterocycles. The van der Waals surface area contributed by atoms with E-state index in [1.54, 1.807) is 0 Å². The third-order valence-electron chi connectivity index (χ3n) is 5.69. The van der Waals surface area contributed by atoms with E-state index in [9.17, 15) is 4.79 Å². The van der Waals surface area contributed by atoms with Gasteiger partial charge in [-0.05, 0) is 46.8 Å². The number of nitrogens with zero attached hydrogens (tertiary/aromatic N) is 4. The number of carbonyl (C=O) groups is 1. The van der Waals surface area contributed by atoms with Gasteiger partial charge >= 0.3 is 5.97 Å². The quantitative estimate of drug-likeness (QED) is 0.532. The predicted octanol–water partition coefficient (Wildman–Crippen LogP) is 5.72. The van der Waals surface area contributed by atoms with Gasteiger partial charge in [-0.15, -0.1) is 22.0 Å². The van der Waals surface area contributed by atoms with E-state index in [1.165, 1.54) is 11.1 Å². The Hall–Kier alpha value is -2.12. The van der Waals surface area contributed by atoms with Gasteiger partial charge in [0.1, 0.15) is 22.8 Å². The first-order chi connectivity index (χ1) is 15.1. The van der Waals surface area contributed by atoms with Crippen LogP contribution in [0.1, 0.15) is 76.6 Å². The van der Waals surface area contributed by atoms with Crippen LogP contribution in [0, 0.1) is 0 Å². The molecule has 0 aliphatic carbocycles. The summed E-state index contributed by atoms with van der Waals surface area (Å²) in [5.41, 5.74) is 3.77. The molecular formula is C24H29ClN4O2S. The van der Waals surface area contributed by atoms with E-state index in [0.717, 1.165) is 23.5 Å². The molecule has 8 heteroatoms. The van der Waals surface area contributed by atoms with Gasteiger partial charge in [0.25, 0.3) is 0 Å². The second-order valence-corrected chi connectivity index (χ2v) is 11.1. The number of hydrogen-bond acceptors (Lipinski definition) is 6. The highest BCUT2D eigenvalue weighted by Crippen LogP contribution is 2.50. The van der Waals surface area contributed by atoms with Crippen molar-refractivity contribution in [2.24, 2.45) is 4.99 Å². The van der Waals surface area contributed by atoms with Crippen LogP contribution in [-0.4, -0.2) is 37.3 Å². The van der Waals surface area contributed by atoms with Gasteiger partial charge in [0.15, 0.2) is 5.82 Å². The molecule has 0 radical (unpaired) electrons. The van der Waals surface area contributed by atoms with Crippen molar-refractivity contribution in [1.82, 2.24) is 14.8 Å². The SMILES string of the molecule is CCc1nnc2n1C1SC(C)C(C)=C1C(c1ccc(Cl)cc1)=N[C@H]2CC(=O)OC(C)(C)C. The summed E-state index contributed by atoms with van der Waals surface area (Å²) >= 11 is 8.03. The van der Waals surface area contributed by atoms with Gasteiger partial charge in [-0.2, -0.15) is 0 Å². The Bertz CT molecular complexity index is 1100. The third-order valence-corrected chi connectivity index (χ3v) is 7.41. The smallest absolute Gasteiger partial charge is 0.308 e. The summed E-state index contributed by atoms with van der Waals surface area (Å²) < 4.78 is 7.81. The molecule has 1 aromatic carbocycles. The molecule has 0 fully saturated rings. The van der Waals surface area contributed by atoms with E-state index in [-0.39, 0.29) is 17.8 Å². The summed E-state index contributed by atoms with van der Waals surface area (Å²) in [6.45, 7) is 12.1. The third kappa shape index (κ3) is 4.37. The molecule has 4 rings (SSSR count). The molecule has 0 N–H and O–H groups in total. The Morgan fingerprint density at radius 2 is 1.91 bits per heavy atom. The lowest BCUT2D eigenvalue weighted by Gasteiger charge is -2.21. The lowest BCUT2D eigenvalue weighted by molar-refractivity contribution is -0.155. The topological polar surface area (TPSA) is 69.4 Å². The minimum atomic E-state index is -0.562. The first-order valence-corrected chi connectivity index (χ1v) is 12.3. The van der Waals surface area contributed by atoms with Crippen LogP contribution in [0.2, 0.25) is 5.02 Å². The molecule has 1 aromatic heterocycles. The molecule has 2 aromatic rings. The van der Waals surface area contributed by atoms with Gasteiger partial charge in [-0.3, -0.25) is 14.4 Å². The fourth-order valence-corrected chi connectivity index (χ4v) is 5.76. The molecule has 0 amide bonds. The maximum Gasteiger partial charge on any atom is 0.308 e. The number of aliphatic imine (C=N–C) groups is 1. The number of aryl methyl sites for hydroxylation is 1. The summed E-state index contributed by atoms with van der Waals surface area (Å²) in [6.07, 6.45) is 0.857. The number of rotatable bonds is 4. The van der Waals surface area contributed by atoms with Crippen LogP contribution in [0.25, 0.3) is 0 Å². The minimum Gasteiger partial charge on any atom is -0.460 e. The number of benzene rings is 1. The standard InChI is InChI=1S/C24H29ClN4O2S/c1-7-18-27-28-22-17(12-19(30)31-24(4,5)6)26-21(15-8-10-16(25)11-9-15)20-13(2)14(3)32-23(20)29(18)22/h8-11,14,17,23H,7,12H2,1-6H3/t14?,17-,23?/m0/s1. The zero-order valence-electron chi connectivity index (χ0n) is 19.3. The van der Waals surface area contributed by atoms with Crippen molar-refractivity contribution >= 4 is 35.0 Å². The summed E-state index contributed by atoms with van der Waals surface area (Å²) in [6, 6.07) is 7.25. The summed E-state index contributed by atoms with van der Waals surface area (Å²) in [5.74, 6) is 1.32. The van der Waals surface area contributed by atoms with Crippen molar-refractivity contribution in [2.75, 3.05) is 0 Å². The molecule has 32 heavy (non-hydrogen) atoms. The first kappa shape index (κ1) is 23.1. The summed E-state index contributed by atoms with van der Waals surface area (Å²) in [5, 5.41) is 10.00. The lowest BCUT2D eigenvalue weighted by atomic mass is 9.96. The number of aromatic nitrogens is 3. The lowest BCUT2D eigenvalue weighted by Crippen LogP contribution is -2.25. The highest BCUT2D eigenvalue weighted by atomic mass is 35.5. The van der Waals surface area contributed by atoms with E-state index in [2.05, 4.69) is 35.5 Å². The largest absolute Gasteiger partial charge is 0.460 e. The van der Waals surface area contributed by atoms with Gasteiger partial charge in [0.2, 0.25) is 0 Å². The zero-order chi connectivity index (χ0) is 23.2. The van der Waals surface area contributed by atoms with Crippen LogP contribution in [0.4, 0.5) is 0 Å². The molecule has 0 saturated carbocycles. The van der Waals surface area contributed by atoms with Crippen LogP contribution in [0.15, 0.2) is 40.4 Å². The van der Waals surface area contributed by atoms with Crippen LogP contribution in [0.5, 0.6) is 0 Å². The molecule has 2 aliphatic rings. The Labute approximate surface area is 198 Å². The van der Waals surface area contributed by atoms with Crippen molar-refractivity contribution < 1.29 is 9.53 Å². The number of carbonyl (C=O) groups excluding carboxylic acids is 1. The van der Waals surface area contributed by atoms with E-state index in [0.29, 0.717) is 16.1 Å². The Morgan fingerprint density at radius 1 is 1.22 bits per heavy atom. The van der Waals surface area contributed by atoms with Crippen molar-refractivity contribution in [3.8, 4) is 0 Å². The second-order valence-electron chi connectivity index (χ2n) is 9.22. The van der Waals surface area contributed by atoms with Crippen LogP contribution in [-0.2, 0) is 16.0 Å². The highest BCUT2D eigenvalue weighted by Gasteiger charge is 2.41. The Kier molecular flexibility index (Phi) is 6.25. The average molecular weight is 473 g/mol. The Balaban J connectivity index is 1.88. The Morgan fingerprint density at radius 3 is 2.53 bits per heavy atom. The van der Waals surface area contributed by atoms with E-state index in [1.807, 2.05) is 56.8 Å². The monoisotopic (exact) mass is 472 g/mol. The number of thioether (sulfide) groups is 1. The molecule has 170 valence electrons. The average Bonchev–Trinajstić information content (AvgIpc) is 3.22. The van der Waals surface area contributed by atoms with Gasteiger partial charge in [0.05, 0.1) is 12.1 Å². The van der Waals surface area contributed by atoms with Crippen molar-refractivity contribution in [3.63, 3.8) is 0 Å². The molecule has 0 bridgehead atoms. The fourth-order valence-electron chi connectivity index (χ4n) is 4.13. The summed E-state index contributed by atoms with van der Waals surface area (Å²) in [4.78, 5) is 17.9. The fraction of sp³-hybridized carbons (Fsp3) is 0.500. The number of hydrogen-bond donors (Lipinski definition) is 0. The molecule has 3 atom stereocenters. The number of ether oxygens (including phenoxy) is 1. The van der Waals surface area contributed by atoms with Crippen LogP contribution < -0.4 is 0 Å². The van der Waals surface area contributed by atoms with E-state index < -0.39 is 11.6 Å². The molecule has 0 spiro atoms. The normalized spacial score (nSPS) is 22.8. The van der Waals surface area contributed by atoms with E-state index >= 15 is 0 Å². The first-order valence-electron chi connectivity index (χ1n) is 10.9. The molecule has 6 nitrogen and oxygen atoms in total. The zero-order valence-corrected chi connectivity index (χ0v) is 20.9. The van der Waals surface area contributed by atoms with Crippen LogP contribution >= 0.6 is 23.4 Å². The minimum absolute atomic E-state index is 0.0167. The van der Waals surface area contributed by atoms with Gasteiger partial charge in [0, 0.05) is 27.8 Å². The van der Waals surface area contributed by atoms with Crippen molar-refractivity contribution in [2.45, 2.75) is 76.7 Å².